The zero-order chi connectivity index (χ0) is 20.4. The first-order chi connectivity index (χ1) is 13.4. The first-order valence-corrected chi connectivity index (χ1v) is 8.77. The van der Waals surface area contributed by atoms with Gasteiger partial charge in [-0.3, -0.25) is 10.1 Å². The highest BCUT2D eigenvalue weighted by atomic mass is 19.1. The summed E-state index contributed by atoms with van der Waals surface area (Å²) in [7, 11) is 0. The summed E-state index contributed by atoms with van der Waals surface area (Å²) in [5.74, 6) is -1.04. The Hall–Kier alpha value is -3.42. The number of hydrogen-bond acceptors (Lipinski definition) is 6. The molecule has 0 atom stereocenters. The molecule has 0 aliphatic rings. The monoisotopic (exact) mass is 387 g/mol. The fraction of sp³-hybridized carbons (Fsp3) is 0.250. The number of nitrogens with zero attached hydrogens (tertiary/aromatic N) is 1. The van der Waals surface area contributed by atoms with Crippen LogP contribution in [0.1, 0.15) is 25.8 Å². The maximum atomic E-state index is 13.7. The van der Waals surface area contributed by atoms with Gasteiger partial charge in [-0.1, -0.05) is 19.4 Å². The Morgan fingerprint density at radius 1 is 1.25 bits per heavy atom. The van der Waals surface area contributed by atoms with Gasteiger partial charge in [0.05, 0.1) is 11.5 Å². The van der Waals surface area contributed by atoms with E-state index in [1.54, 1.807) is 19.1 Å². The molecule has 0 saturated carbocycles. The van der Waals surface area contributed by atoms with E-state index in [4.69, 9.17) is 9.15 Å². The van der Waals surface area contributed by atoms with Gasteiger partial charge in [0, 0.05) is 0 Å². The van der Waals surface area contributed by atoms with Gasteiger partial charge in [0.15, 0.2) is 0 Å². The van der Waals surface area contributed by atoms with Gasteiger partial charge in [-0.2, -0.15) is 0 Å². The third-order valence-corrected chi connectivity index (χ3v) is 4.30. The minimum absolute atomic E-state index is 0.0548. The largest absolute Gasteiger partial charge is 0.501 e. The fourth-order valence-corrected chi connectivity index (χ4v) is 3.17. The lowest BCUT2D eigenvalue weighted by Gasteiger charge is -2.14. The second kappa shape index (κ2) is 7.67. The van der Waals surface area contributed by atoms with Crippen molar-refractivity contribution in [3.63, 3.8) is 0 Å². The molecule has 0 spiro atoms. The van der Waals surface area contributed by atoms with E-state index in [9.17, 15) is 24.4 Å². The number of rotatable bonds is 6. The number of aryl methyl sites for hydroxylation is 1. The predicted molar refractivity (Wildman–Crippen MR) is 101 cm³/mol. The first kappa shape index (κ1) is 19.3. The lowest BCUT2D eigenvalue weighted by atomic mass is 9.95. The van der Waals surface area contributed by atoms with Crippen molar-refractivity contribution in [1.82, 2.24) is 0 Å². The number of aromatic hydroxyl groups is 1. The molecule has 28 heavy (non-hydrogen) atoms. The smallest absolute Gasteiger partial charge is 0.419 e. The molecule has 2 aromatic carbocycles. The molecule has 0 amide bonds. The minimum Gasteiger partial charge on any atom is -0.501 e. The van der Waals surface area contributed by atoms with Gasteiger partial charge in [0.2, 0.25) is 5.75 Å². The molecule has 0 saturated heterocycles. The molecule has 0 bridgehead atoms. The topological polar surface area (TPSA) is 103 Å². The van der Waals surface area contributed by atoms with Gasteiger partial charge in [0.1, 0.15) is 22.5 Å². The highest BCUT2D eigenvalue weighted by Gasteiger charge is 2.27. The molecule has 7 nitrogen and oxygen atoms in total. The van der Waals surface area contributed by atoms with E-state index in [0.717, 1.165) is 12.0 Å². The number of benzene rings is 2. The van der Waals surface area contributed by atoms with E-state index in [-0.39, 0.29) is 29.1 Å². The summed E-state index contributed by atoms with van der Waals surface area (Å²) >= 11 is 0. The Balaban J connectivity index is 2.35. The van der Waals surface area contributed by atoms with Crippen LogP contribution in [0.3, 0.4) is 0 Å². The second-order valence-electron chi connectivity index (χ2n) is 6.18. The fourth-order valence-electron chi connectivity index (χ4n) is 3.17. The Kier molecular flexibility index (Phi) is 5.30. The quantitative estimate of drug-likeness (QED) is 0.378. The van der Waals surface area contributed by atoms with E-state index in [2.05, 4.69) is 0 Å². The maximum absolute atomic E-state index is 13.7. The molecule has 0 radical (unpaired) electrons. The summed E-state index contributed by atoms with van der Waals surface area (Å²) in [6, 6.07) is 7.44. The Bertz CT molecular complexity index is 1120. The lowest BCUT2D eigenvalue weighted by molar-refractivity contribution is -0.388. The van der Waals surface area contributed by atoms with Gasteiger partial charge in [-0.05, 0) is 54.3 Å². The van der Waals surface area contributed by atoms with E-state index in [1.165, 1.54) is 18.2 Å². The van der Waals surface area contributed by atoms with Crippen LogP contribution in [0.25, 0.3) is 22.1 Å². The first-order valence-electron chi connectivity index (χ1n) is 8.77. The van der Waals surface area contributed by atoms with Crippen molar-refractivity contribution in [2.75, 3.05) is 6.61 Å². The van der Waals surface area contributed by atoms with Crippen LogP contribution in [0.4, 0.5) is 10.1 Å². The number of halogens is 1. The number of fused-ring (bicyclic) bond motifs is 1. The zero-order valence-corrected chi connectivity index (χ0v) is 15.3. The van der Waals surface area contributed by atoms with Crippen LogP contribution in [0.5, 0.6) is 11.5 Å². The van der Waals surface area contributed by atoms with Crippen LogP contribution in [0.2, 0.25) is 0 Å². The molecule has 0 unspecified atom stereocenters. The van der Waals surface area contributed by atoms with Crippen LogP contribution < -0.4 is 10.4 Å². The van der Waals surface area contributed by atoms with Crippen LogP contribution in [-0.2, 0) is 6.42 Å². The molecule has 3 aromatic rings. The Morgan fingerprint density at radius 2 is 2.00 bits per heavy atom. The molecule has 0 aliphatic heterocycles. The molecule has 1 N–H and O–H groups in total. The normalized spacial score (nSPS) is 11.0. The van der Waals surface area contributed by atoms with Gasteiger partial charge < -0.3 is 14.3 Å². The van der Waals surface area contributed by atoms with Gasteiger partial charge in [-0.25, -0.2) is 9.18 Å². The molecule has 0 fully saturated rings. The van der Waals surface area contributed by atoms with Gasteiger partial charge in [-0.15, -0.1) is 0 Å². The van der Waals surface area contributed by atoms with Crippen molar-refractivity contribution < 1.29 is 23.6 Å². The standard InChI is InChI=1S/C20H18FNO6/c1-3-5-11-8-13(21)6-7-14(11)12-9-15(27-4-2)17-16(10-12)28-20(24)18(19(17)23)22(25)26/h6-10,23H,3-5H2,1-2H3. The van der Waals surface area contributed by atoms with E-state index in [0.29, 0.717) is 17.5 Å². The molecular weight excluding hydrogens is 369 g/mol. The van der Waals surface area contributed by atoms with Crippen molar-refractivity contribution >= 4 is 16.7 Å². The number of ether oxygens (including phenoxy) is 1. The molecule has 1 aromatic heterocycles. The van der Waals surface area contributed by atoms with Crippen molar-refractivity contribution in [2.24, 2.45) is 0 Å². The van der Waals surface area contributed by atoms with Crippen LogP contribution in [0, 0.1) is 15.9 Å². The molecule has 3 rings (SSSR count). The maximum Gasteiger partial charge on any atom is 0.419 e. The SMILES string of the molecule is CCCc1cc(F)ccc1-c1cc(OCC)c2c(O)c([N+](=O)[O-])c(=O)oc2c1. The minimum atomic E-state index is -1.26. The van der Waals surface area contributed by atoms with Crippen molar-refractivity contribution in [3.05, 3.63) is 62.2 Å². The molecule has 8 heteroatoms. The summed E-state index contributed by atoms with van der Waals surface area (Å²) in [5.41, 5.74) is -0.307. The average molecular weight is 387 g/mol. The highest BCUT2D eigenvalue weighted by molar-refractivity contribution is 5.95. The molecular formula is C20H18FNO6. The summed E-state index contributed by atoms with van der Waals surface area (Å²) in [6.45, 7) is 3.90. The third-order valence-electron chi connectivity index (χ3n) is 4.30. The Morgan fingerprint density at radius 3 is 2.64 bits per heavy atom. The number of hydrogen-bond donors (Lipinski definition) is 1. The molecule has 0 aliphatic carbocycles. The van der Waals surface area contributed by atoms with Gasteiger partial charge >= 0.3 is 11.3 Å². The molecule has 1 heterocycles. The van der Waals surface area contributed by atoms with Crippen LogP contribution in [0.15, 0.2) is 39.5 Å². The van der Waals surface area contributed by atoms with E-state index in [1.807, 2.05) is 6.92 Å². The van der Waals surface area contributed by atoms with Crippen LogP contribution in [-0.4, -0.2) is 16.6 Å². The zero-order valence-electron chi connectivity index (χ0n) is 15.3. The van der Waals surface area contributed by atoms with Crippen LogP contribution >= 0.6 is 0 Å². The predicted octanol–water partition coefficient (Wildman–Crippen LogP) is 4.56. The Labute approximate surface area is 159 Å². The molecule has 146 valence electrons. The second-order valence-corrected chi connectivity index (χ2v) is 6.18. The van der Waals surface area contributed by atoms with Crippen molar-refractivity contribution in [1.29, 1.82) is 0 Å². The summed E-state index contributed by atoms with van der Waals surface area (Å²) in [6.07, 6.45) is 1.43. The van der Waals surface area contributed by atoms with Crippen molar-refractivity contribution in [3.8, 4) is 22.6 Å². The number of nitro groups is 1. The third kappa shape index (κ3) is 3.40. The highest BCUT2D eigenvalue weighted by Crippen LogP contribution is 2.41. The van der Waals surface area contributed by atoms with E-state index >= 15 is 0 Å². The summed E-state index contributed by atoms with van der Waals surface area (Å²) in [5, 5.41) is 21.4. The van der Waals surface area contributed by atoms with Crippen molar-refractivity contribution in [2.45, 2.75) is 26.7 Å². The van der Waals surface area contributed by atoms with Gasteiger partial charge in [0.25, 0.3) is 0 Å². The van der Waals surface area contributed by atoms with E-state index < -0.39 is 22.0 Å². The summed E-state index contributed by atoms with van der Waals surface area (Å²) in [4.78, 5) is 22.1. The average Bonchev–Trinajstić information content (AvgIpc) is 2.61. The lowest BCUT2D eigenvalue weighted by Crippen LogP contribution is -2.07. The summed E-state index contributed by atoms with van der Waals surface area (Å²) < 4.78 is 24.3.